The lowest BCUT2D eigenvalue weighted by atomic mass is 9.92. The fourth-order valence-corrected chi connectivity index (χ4v) is 4.92. The maximum absolute atomic E-state index is 11.8. The Morgan fingerprint density at radius 3 is 2.42 bits per heavy atom. The first kappa shape index (κ1) is 25.0. The summed E-state index contributed by atoms with van der Waals surface area (Å²) < 4.78 is 10.9. The van der Waals surface area contributed by atoms with Gasteiger partial charge in [0.25, 0.3) is 0 Å². The number of fused-ring (bicyclic) bond motifs is 1. The lowest BCUT2D eigenvalue weighted by Gasteiger charge is -2.21. The van der Waals surface area contributed by atoms with Crippen LogP contribution in [0.4, 0.5) is 5.69 Å². The van der Waals surface area contributed by atoms with Gasteiger partial charge >= 0.3 is 5.97 Å². The largest absolute Gasteiger partial charge is 0.497 e. The molecule has 0 amide bonds. The molecule has 2 N–H and O–H groups in total. The molecule has 0 saturated carbocycles. The number of aryl methyl sites for hydroxylation is 3. The molecule has 5 aromatic rings. The molecule has 38 heavy (non-hydrogen) atoms. The molecule has 0 radical (unpaired) electrons. The van der Waals surface area contributed by atoms with Gasteiger partial charge in [-0.1, -0.05) is 35.5 Å². The Morgan fingerprint density at radius 2 is 1.76 bits per heavy atom. The van der Waals surface area contributed by atoms with Crippen LogP contribution < -0.4 is 10.1 Å². The van der Waals surface area contributed by atoms with E-state index in [9.17, 15) is 9.90 Å². The molecule has 1 atom stereocenters. The zero-order valence-corrected chi connectivity index (χ0v) is 22.0. The second-order valence-electron chi connectivity index (χ2n) is 9.45. The summed E-state index contributed by atoms with van der Waals surface area (Å²) in [6.07, 6.45) is 0. The maximum Gasteiger partial charge on any atom is 0.337 e. The van der Waals surface area contributed by atoms with Crippen LogP contribution in [0.25, 0.3) is 33.3 Å². The predicted octanol–water partition coefficient (Wildman–Crippen LogP) is 7.36. The standard InChI is InChI=1S/C31H29N3O4/c1-17-14-24(18(2)32-27-9-7-6-8-23(27)31(35)36)26-16-25(21-10-12-22(37-5)13-11-21)30(33-28(26)15-17)29-19(3)34-38-20(29)4/h6-16,18,32H,1-5H3,(H,35,36)/t18-/m0/s1. The quantitative estimate of drug-likeness (QED) is 0.237. The number of carbonyl (C=O) groups is 1. The van der Waals surface area contributed by atoms with Crippen molar-refractivity contribution in [1.82, 2.24) is 10.1 Å². The summed E-state index contributed by atoms with van der Waals surface area (Å²) in [5, 5.41) is 18.2. The highest BCUT2D eigenvalue weighted by Gasteiger charge is 2.22. The first-order valence-corrected chi connectivity index (χ1v) is 12.4. The SMILES string of the molecule is COc1ccc(-c2cc3c([C@H](C)Nc4ccccc4C(=O)O)cc(C)cc3nc2-c2c(C)noc2C)cc1. The third-order valence-electron chi connectivity index (χ3n) is 6.78. The molecule has 0 bridgehead atoms. The van der Waals surface area contributed by atoms with Crippen LogP contribution >= 0.6 is 0 Å². The Balaban J connectivity index is 1.72. The van der Waals surface area contributed by atoms with E-state index in [0.29, 0.717) is 11.4 Å². The highest BCUT2D eigenvalue weighted by Crippen LogP contribution is 2.39. The fourth-order valence-electron chi connectivity index (χ4n) is 4.92. The van der Waals surface area contributed by atoms with Crippen LogP contribution in [-0.2, 0) is 0 Å². The van der Waals surface area contributed by atoms with E-state index in [4.69, 9.17) is 14.2 Å². The summed E-state index contributed by atoms with van der Waals surface area (Å²) in [4.78, 5) is 16.9. The van der Waals surface area contributed by atoms with E-state index in [0.717, 1.165) is 55.9 Å². The van der Waals surface area contributed by atoms with Crippen LogP contribution in [0.5, 0.6) is 5.75 Å². The monoisotopic (exact) mass is 507 g/mol. The Morgan fingerprint density at radius 1 is 1.03 bits per heavy atom. The number of aromatic carboxylic acids is 1. The number of methoxy groups -OCH3 is 1. The molecule has 0 aliphatic heterocycles. The van der Waals surface area contributed by atoms with Gasteiger partial charge in [0.1, 0.15) is 11.5 Å². The van der Waals surface area contributed by atoms with E-state index < -0.39 is 5.97 Å². The van der Waals surface area contributed by atoms with Crippen molar-refractivity contribution in [1.29, 1.82) is 0 Å². The van der Waals surface area contributed by atoms with Gasteiger partial charge in [-0.25, -0.2) is 9.78 Å². The average molecular weight is 508 g/mol. The molecule has 0 saturated heterocycles. The first-order valence-electron chi connectivity index (χ1n) is 12.4. The molecule has 7 nitrogen and oxygen atoms in total. The van der Waals surface area contributed by atoms with Gasteiger partial charge in [-0.05, 0) is 80.8 Å². The van der Waals surface area contributed by atoms with Crippen molar-refractivity contribution >= 4 is 22.6 Å². The minimum absolute atomic E-state index is 0.187. The number of hydrogen-bond donors (Lipinski definition) is 2. The minimum Gasteiger partial charge on any atom is -0.497 e. The number of ether oxygens (including phenoxy) is 1. The fraction of sp³-hybridized carbons (Fsp3) is 0.194. The number of hydrogen-bond acceptors (Lipinski definition) is 6. The van der Waals surface area contributed by atoms with Crippen molar-refractivity contribution in [3.8, 4) is 28.1 Å². The van der Waals surface area contributed by atoms with E-state index >= 15 is 0 Å². The summed E-state index contributed by atoms with van der Waals surface area (Å²) in [5.41, 5.74) is 8.09. The van der Waals surface area contributed by atoms with Gasteiger partial charge in [0, 0.05) is 22.7 Å². The summed E-state index contributed by atoms with van der Waals surface area (Å²) in [6, 6.07) is 21.0. The van der Waals surface area contributed by atoms with Gasteiger partial charge in [0.2, 0.25) is 0 Å². The number of nitrogens with zero attached hydrogens (tertiary/aromatic N) is 2. The molecule has 0 spiro atoms. The minimum atomic E-state index is -0.970. The van der Waals surface area contributed by atoms with Crippen molar-refractivity contribution in [2.45, 2.75) is 33.7 Å². The van der Waals surface area contributed by atoms with Gasteiger partial charge in [-0.15, -0.1) is 0 Å². The molecule has 7 heteroatoms. The number of pyridine rings is 1. The molecule has 0 aliphatic rings. The van der Waals surface area contributed by atoms with Crippen molar-refractivity contribution in [2.75, 3.05) is 12.4 Å². The van der Waals surface area contributed by atoms with E-state index in [1.807, 2.05) is 58.0 Å². The second kappa shape index (κ2) is 10.0. The van der Waals surface area contributed by atoms with Gasteiger partial charge in [0.15, 0.2) is 0 Å². The lowest BCUT2D eigenvalue weighted by molar-refractivity contribution is 0.0698. The molecule has 0 unspecified atom stereocenters. The second-order valence-corrected chi connectivity index (χ2v) is 9.45. The summed E-state index contributed by atoms with van der Waals surface area (Å²) in [5.74, 6) is 0.506. The van der Waals surface area contributed by atoms with Crippen LogP contribution in [0.15, 0.2) is 71.3 Å². The van der Waals surface area contributed by atoms with Crippen LogP contribution in [-0.4, -0.2) is 28.3 Å². The zero-order valence-electron chi connectivity index (χ0n) is 22.0. The molecule has 192 valence electrons. The Bertz CT molecular complexity index is 1640. The summed E-state index contributed by atoms with van der Waals surface area (Å²) in [7, 11) is 1.65. The number of anilines is 1. The van der Waals surface area contributed by atoms with Crippen molar-refractivity contribution < 1.29 is 19.2 Å². The predicted molar refractivity (Wildman–Crippen MR) is 149 cm³/mol. The normalized spacial score (nSPS) is 11.9. The van der Waals surface area contributed by atoms with E-state index in [1.54, 1.807) is 25.3 Å². The number of aromatic nitrogens is 2. The van der Waals surface area contributed by atoms with Crippen LogP contribution in [0.2, 0.25) is 0 Å². The van der Waals surface area contributed by atoms with E-state index in [2.05, 4.69) is 28.7 Å². The number of carboxylic acid groups (broad SMARTS) is 1. The number of carboxylic acids is 1. The number of nitrogens with one attached hydrogen (secondary N) is 1. The van der Waals surface area contributed by atoms with Crippen LogP contribution in [0.3, 0.4) is 0 Å². The highest BCUT2D eigenvalue weighted by molar-refractivity contribution is 5.96. The topological polar surface area (TPSA) is 97.5 Å². The maximum atomic E-state index is 11.8. The molecule has 2 heterocycles. The highest BCUT2D eigenvalue weighted by atomic mass is 16.5. The molecule has 3 aromatic carbocycles. The molecule has 5 rings (SSSR count). The van der Waals surface area contributed by atoms with Crippen molar-refractivity contribution in [2.24, 2.45) is 0 Å². The van der Waals surface area contributed by atoms with Gasteiger partial charge in [0.05, 0.1) is 35.1 Å². The van der Waals surface area contributed by atoms with Crippen molar-refractivity contribution in [3.63, 3.8) is 0 Å². The van der Waals surface area contributed by atoms with E-state index in [1.165, 1.54) is 0 Å². The molecule has 0 aliphatic carbocycles. The summed E-state index contributed by atoms with van der Waals surface area (Å²) >= 11 is 0. The Hall–Kier alpha value is -4.65. The van der Waals surface area contributed by atoms with Gasteiger partial charge in [-0.3, -0.25) is 0 Å². The molecular formula is C31H29N3O4. The van der Waals surface area contributed by atoms with Crippen LogP contribution in [0, 0.1) is 20.8 Å². The first-order chi connectivity index (χ1) is 18.3. The molecular weight excluding hydrogens is 478 g/mol. The zero-order chi connectivity index (χ0) is 27.0. The van der Waals surface area contributed by atoms with Crippen molar-refractivity contribution in [3.05, 3.63) is 94.9 Å². The van der Waals surface area contributed by atoms with Gasteiger partial charge in [-0.2, -0.15) is 0 Å². The smallest absolute Gasteiger partial charge is 0.337 e. The Labute approximate surface area is 221 Å². The number of rotatable bonds is 7. The Kier molecular flexibility index (Phi) is 6.59. The summed E-state index contributed by atoms with van der Waals surface area (Å²) in [6.45, 7) is 7.88. The third-order valence-corrected chi connectivity index (χ3v) is 6.78. The van der Waals surface area contributed by atoms with E-state index in [-0.39, 0.29) is 11.6 Å². The van der Waals surface area contributed by atoms with Crippen LogP contribution in [0.1, 0.15) is 45.9 Å². The van der Waals surface area contributed by atoms with Gasteiger partial charge < -0.3 is 19.7 Å². The molecule has 2 aromatic heterocycles. The third kappa shape index (κ3) is 4.59. The number of para-hydroxylation sites is 1. The molecule has 0 fully saturated rings. The average Bonchev–Trinajstić information content (AvgIpc) is 3.25. The number of benzene rings is 3. The lowest BCUT2D eigenvalue weighted by Crippen LogP contribution is -2.11.